The van der Waals surface area contributed by atoms with Crippen LogP contribution >= 0.6 is 0 Å². The van der Waals surface area contributed by atoms with Crippen LogP contribution in [0.1, 0.15) is 88.6 Å². The molecule has 0 N–H and O–H groups in total. The lowest BCUT2D eigenvalue weighted by Crippen LogP contribution is -2.61. The van der Waals surface area contributed by atoms with Crippen LogP contribution in [0.15, 0.2) is 261 Å². The van der Waals surface area contributed by atoms with Gasteiger partial charge in [-0.05, 0) is 154 Å². The smallest absolute Gasteiger partial charge is 0.252 e. The summed E-state index contributed by atoms with van der Waals surface area (Å²) in [6.45, 7) is 12.9. The third-order valence-corrected chi connectivity index (χ3v) is 16.4. The Hall–Kier alpha value is -8.92. The van der Waals surface area contributed by atoms with Crippen molar-refractivity contribution in [2.75, 3.05) is 9.80 Å². The van der Waals surface area contributed by atoms with Gasteiger partial charge in [0.25, 0.3) is 6.71 Å². The molecule has 1 aliphatic carbocycles. The van der Waals surface area contributed by atoms with Gasteiger partial charge in [-0.15, -0.1) is 0 Å². The molecule has 0 unspecified atom stereocenters. The first kappa shape index (κ1) is 37.8. The molecule has 0 atom stereocenters. The molecular weight excluding hydrogens is 940 g/mol. The molecule has 2 heterocycles. The second-order valence-electron chi connectivity index (χ2n) is 22.9. The van der Waals surface area contributed by atoms with Crippen LogP contribution in [0, 0.1) is 0 Å². The molecule has 78 heavy (non-hydrogen) atoms. The normalized spacial score (nSPS) is 15.6. The van der Waals surface area contributed by atoms with Crippen molar-refractivity contribution in [2.24, 2.45) is 0 Å². The van der Waals surface area contributed by atoms with Crippen molar-refractivity contribution in [1.29, 1.82) is 0 Å². The van der Waals surface area contributed by atoms with Gasteiger partial charge in [-0.25, -0.2) is 0 Å². The van der Waals surface area contributed by atoms with Gasteiger partial charge in [-0.3, -0.25) is 0 Å². The van der Waals surface area contributed by atoms with Gasteiger partial charge in [0.15, 0.2) is 0 Å². The Kier molecular flexibility index (Phi) is 8.77. The van der Waals surface area contributed by atoms with Gasteiger partial charge >= 0.3 is 0 Å². The highest BCUT2D eigenvalue weighted by molar-refractivity contribution is 7.00. The van der Waals surface area contributed by atoms with E-state index in [-0.39, 0.29) is 46.1 Å². The van der Waals surface area contributed by atoms with Gasteiger partial charge in [0.05, 0.1) is 19.1 Å². The average molecular weight is 1010 g/mol. The minimum absolute atomic E-state index is 0.105. The van der Waals surface area contributed by atoms with Crippen molar-refractivity contribution in [2.45, 2.75) is 57.8 Å². The van der Waals surface area contributed by atoms with Crippen molar-refractivity contribution < 1.29 is 13.7 Å². The van der Waals surface area contributed by atoms with E-state index >= 15 is 0 Å². The minimum atomic E-state index is -0.620. The Morgan fingerprint density at radius 3 is 1.47 bits per heavy atom. The first-order valence-electron chi connectivity index (χ1n) is 31.9. The average Bonchev–Trinajstić information content (AvgIpc) is 1.12. The fourth-order valence-electron chi connectivity index (χ4n) is 12.7. The van der Waals surface area contributed by atoms with Gasteiger partial charge in [0, 0.05) is 34.1 Å². The highest BCUT2D eigenvalue weighted by atomic mass is 15.2. The standard InChI is InChI=1S/C75H61BN2/c1-73(2,3)57-39-44-65-68(47-57)78(60-42-36-53(37-43-60)61-31-21-32-63-62-30-19-20-33-64(62)75(71(61)63,55-26-15-9-16-27-55)56-28-17-10-18-29-56)70-49-58(74(4,5)6)48-69-72(70)76(65)66-46-54(51-24-13-8-14-25-51)38-45-67(66)77(69)59-40-34-52(35-41-59)50-22-11-7-12-23-50/h7-49H,1-6H3/i7D,8D,11D,12D,13D,14D,22D,23D,24D,25D. The quantitative estimate of drug-likeness (QED) is 0.147. The Morgan fingerprint density at radius 1 is 0.372 bits per heavy atom. The van der Waals surface area contributed by atoms with E-state index in [0.29, 0.717) is 11.1 Å². The zero-order chi connectivity index (χ0) is 61.6. The molecule has 0 fully saturated rings. The first-order chi connectivity index (χ1) is 42.1. The van der Waals surface area contributed by atoms with Crippen LogP contribution < -0.4 is 26.2 Å². The van der Waals surface area contributed by atoms with E-state index < -0.39 is 48.4 Å². The molecule has 3 aliphatic rings. The fraction of sp³-hybridized carbons (Fsp3) is 0.120. The van der Waals surface area contributed by atoms with Crippen LogP contribution in [0.3, 0.4) is 0 Å². The molecule has 0 spiro atoms. The first-order valence-corrected chi connectivity index (χ1v) is 26.9. The van der Waals surface area contributed by atoms with Crippen molar-refractivity contribution in [1.82, 2.24) is 0 Å². The molecule has 2 aliphatic heterocycles. The van der Waals surface area contributed by atoms with Gasteiger partial charge in [-0.2, -0.15) is 0 Å². The van der Waals surface area contributed by atoms with Gasteiger partial charge in [0.2, 0.25) is 0 Å². The molecular formula is C75H61BN2. The van der Waals surface area contributed by atoms with E-state index in [9.17, 15) is 2.74 Å². The molecule has 0 radical (unpaired) electrons. The zero-order valence-electron chi connectivity index (χ0n) is 54.5. The van der Waals surface area contributed by atoms with Crippen LogP contribution in [0.25, 0.3) is 44.5 Å². The lowest BCUT2D eigenvalue weighted by atomic mass is 9.33. The van der Waals surface area contributed by atoms with Crippen LogP contribution in [-0.4, -0.2) is 6.71 Å². The van der Waals surface area contributed by atoms with Gasteiger partial charge in [-0.1, -0.05) is 254 Å². The Labute approximate surface area is 475 Å². The molecule has 0 bridgehead atoms. The molecule has 0 saturated heterocycles. The topological polar surface area (TPSA) is 6.48 Å². The van der Waals surface area contributed by atoms with E-state index in [2.05, 4.69) is 209 Å². The van der Waals surface area contributed by atoms with E-state index in [4.69, 9.17) is 11.0 Å². The van der Waals surface area contributed by atoms with Crippen molar-refractivity contribution >= 4 is 57.2 Å². The summed E-state index contributed by atoms with van der Waals surface area (Å²) in [6, 6.07) is 67.3. The number of fused-ring (bicyclic) bond motifs is 7. The molecule has 11 aromatic rings. The second kappa shape index (κ2) is 18.1. The van der Waals surface area contributed by atoms with Crippen LogP contribution in [0.5, 0.6) is 0 Å². The van der Waals surface area contributed by atoms with Crippen LogP contribution in [0.2, 0.25) is 0 Å². The monoisotopic (exact) mass is 1010 g/mol. The number of hydrogen-bond donors (Lipinski definition) is 0. The maximum Gasteiger partial charge on any atom is 0.252 e. The van der Waals surface area contributed by atoms with Gasteiger partial charge < -0.3 is 9.80 Å². The highest BCUT2D eigenvalue weighted by Crippen LogP contribution is 2.59. The lowest BCUT2D eigenvalue weighted by Gasteiger charge is -2.45. The molecule has 11 aromatic carbocycles. The van der Waals surface area contributed by atoms with Gasteiger partial charge in [0.1, 0.15) is 0 Å². The third kappa shape index (κ3) is 7.47. The summed E-state index contributed by atoms with van der Waals surface area (Å²) in [4.78, 5) is 4.62. The van der Waals surface area contributed by atoms with Crippen molar-refractivity contribution in [3.05, 3.63) is 294 Å². The number of rotatable bonds is 7. The fourth-order valence-corrected chi connectivity index (χ4v) is 12.7. The minimum Gasteiger partial charge on any atom is -0.311 e. The SMILES string of the molecule is [2H]c1c([2H])c([2H])c(-c2ccc(N3c4ccc(-c5c([2H])c([2H])c([2H])c([2H])c5[2H])cc4B4c5ccc(C(C)(C)C)cc5N(c5ccc(-c6cccc7c6C(c6ccccc6)(c6ccccc6)c6ccccc6-7)cc5)c5cc(C(C)(C)C)cc3c54)cc2)c([2H])c1[2H]. The number of nitrogens with zero attached hydrogens (tertiary/aromatic N) is 2. The molecule has 2 nitrogen and oxygen atoms in total. The summed E-state index contributed by atoms with van der Waals surface area (Å²) in [7, 11) is 0. The maximum absolute atomic E-state index is 9.19. The molecule has 374 valence electrons. The van der Waals surface area contributed by atoms with E-state index in [1.165, 1.54) is 33.4 Å². The summed E-state index contributed by atoms with van der Waals surface area (Å²) < 4.78 is 87.4. The summed E-state index contributed by atoms with van der Waals surface area (Å²) in [5, 5.41) is 0. The maximum atomic E-state index is 9.19. The molecule has 3 heteroatoms. The zero-order valence-corrected chi connectivity index (χ0v) is 44.5. The van der Waals surface area contributed by atoms with E-state index in [0.717, 1.165) is 72.8 Å². The number of benzene rings is 11. The molecule has 0 aromatic heterocycles. The van der Waals surface area contributed by atoms with Crippen molar-refractivity contribution in [3.63, 3.8) is 0 Å². The van der Waals surface area contributed by atoms with Crippen molar-refractivity contribution in [3.8, 4) is 44.5 Å². The van der Waals surface area contributed by atoms with E-state index in [1.807, 2.05) is 30.3 Å². The third-order valence-electron chi connectivity index (χ3n) is 16.4. The Bertz CT molecular complexity index is 4610. The Morgan fingerprint density at radius 2 is 0.872 bits per heavy atom. The summed E-state index contributed by atoms with van der Waals surface area (Å²) in [5.41, 5.74) is 19.9. The second-order valence-corrected chi connectivity index (χ2v) is 22.9. The molecule has 0 saturated carbocycles. The van der Waals surface area contributed by atoms with Crippen LogP contribution in [-0.2, 0) is 16.2 Å². The highest BCUT2D eigenvalue weighted by Gasteiger charge is 2.48. The summed E-state index contributed by atoms with van der Waals surface area (Å²) in [6.07, 6.45) is 0. The predicted molar refractivity (Wildman–Crippen MR) is 331 cm³/mol. The molecule has 14 rings (SSSR count). The van der Waals surface area contributed by atoms with Crippen LogP contribution in [0.4, 0.5) is 34.1 Å². The number of hydrogen-bond acceptors (Lipinski definition) is 2. The summed E-state index contributed by atoms with van der Waals surface area (Å²) >= 11 is 0. The molecule has 0 amide bonds. The number of anilines is 6. The lowest BCUT2D eigenvalue weighted by molar-refractivity contribution is 0.590. The largest absolute Gasteiger partial charge is 0.311 e. The van der Waals surface area contributed by atoms with E-state index in [1.54, 1.807) is 12.1 Å². The Balaban J connectivity index is 1.02. The summed E-state index contributed by atoms with van der Waals surface area (Å²) in [5.74, 6) is 0. The predicted octanol–water partition coefficient (Wildman–Crippen LogP) is 17.7.